The summed E-state index contributed by atoms with van der Waals surface area (Å²) in [6.07, 6.45) is -1.06. The molecule has 1 aliphatic rings. The molecule has 1 aliphatic heterocycles. The van der Waals surface area contributed by atoms with Gasteiger partial charge < -0.3 is 10.1 Å². The largest absolute Gasteiger partial charge is 0.361 e. The normalized spacial score (nSPS) is 24.1. The third kappa shape index (κ3) is 2.61. The maximum atomic E-state index is 13.0. The van der Waals surface area contributed by atoms with E-state index in [1.807, 2.05) is 30.3 Å². The van der Waals surface area contributed by atoms with Crippen LogP contribution in [0.2, 0.25) is 0 Å². The second-order valence-corrected chi connectivity index (χ2v) is 4.16. The third-order valence-electron chi connectivity index (χ3n) is 2.68. The average Bonchev–Trinajstić information content (AvgIpc) is 2.26. The topological polar surface area (TPSA) is 38.3 Å². The van der Waals surface area contributed by atoms with Crippen LogP contribution in [0, 0.1) is 0 Å². The highest BCUT2D eigenvalue weighted by atomic mass is 19.3. The molecule has 0 bridgehead atoms. The number of nitrogens with one attached hydrogen (secondary N) is 1. The molecule has 1 saturated heterocycles. The summed E-state index contributed by atoms with van der Waals surface area (Å²) >= 11 is 0. The van der Waals surface area contributed by atoms with Gasteiger partial charge in [0.25, 0.3) is 11.8 Å². The number of hydrogen-bond donors (Lipinski definition) is 1. The van der Waals surface area contributed by atoms with E-state index in [4.69, 9.17) is 4.74 Å². The Morgan fingerprint density at radius 1 is 1.35 bits per heavy atom. The number of halogens is 2. The summed E-state index contributed by atoms with van der Waals surface area (Å²) < 4.78 is 31.3. The van der Waals surface area contributed by atoms with Gasteiger partial charge in [-0.15, -0.1) is 0 Å². The quantitative estimate of drug-likeness (QED) is 0.815. The molecule has 5 heteroatoms. The summed E-state index contributed by atoms with van der Waals surface area (Å²) in [6.45, 7) is 0.932. The van der Waals surface area contributed by atoms with Crippen molar-refractivity contribution in [2.24, 2.45) is 0 Å². The van der Waals surface area contributed by atoms with Gasteiger partial charge in [-0.2, -0.15) is 0 Å². The fourth-order valence-electron chi connectivity index (χ4n) is 1.69. The third-order valence-corrected chi connectivity index (χ3v) is 2.68. The van der Waals surface area contributed by atoms with Crippen LogP contribution in [-0.2, 0) is 16.1 Å². The summed E-state index contributed by atoms with van der Waals surface area (Å²) in [6, 6.07) is 7.91. The van der Waals surface area contributed by atoms with Crippen LogP contribution < -0.4 is 5.32 Å². The molecule has 0 unspecified atom stereocenters. The predicted octanol–water partition coefficient (Wildman–Crippen LogP) is 1.73. The minimum Gasteiger partial charge on any atom is -0.361 e. The van der Waals surface area contributed by atoms with Gasteiger partial charge in [-0.25, -0.2) is 8.78 Å². The highest BCUT2D eigenvalue weighted by Crippen LogP contribution is 2.27. The second-order valence-electron chi connectivity index (χ2n) is 4.16. The lowest BCUT2D eigenvalue weighted by molar-refractivity contribution is -0.170. The molecule has 0 spiro atoms. The van der Waals surface area contributed by atoms with E-state index in [-0.39, 0.29) is 6.61 Å². The van der Waals surface area contributed by atoms with Crippen LogP contribution in [0.25, 0.3) is 0 Å². The van der Waals surface area contributed by atoms with E-state index in [2.05, 4.69) is 5.32 Å². The lowest BCUT2D eigenvalue weighted by Gasteiger charge is -2.39. The molecule has 1 aromatic rings. The van der Waals surface area contributed by atoms with Gasteiger partial charge in [-0.05, 0) is 5.56 Å². The Hall–Kier alpha value is -1.49. The van der Waals surface area contributed by atoms with Crippen molar-refractivity contribution in [1.29, 1.82) is 0 Å². The molecule has 2 atom stereocenters. The van der Waals surface area contributed by atoms with Crippen molar-refractivity contribution in [3.05, 3.63) is 35.9 Å². The van der Waals surface area contributed by atoms with Crippen LogP contribution in [0.15, 0.2) is 30.3 Å². The second kappa shape index (κ2) is 4.41. The lowest BCUT2D eigenvalue weighted by Crippen LogP contribution is -2.69. The van der Waals surface area contributed by atoms with Crippen LogP contribution in [0.3, 0.4) is 0 Å². The smallest absolute Gasteiger partial charge is 0.268 e. The zero-order valence-electron chi connectivity index (χ0n) is 9.32. The van der Waals surface area contributed by atoms with E-state index in [1.165, 1.54) is 0 Å². The number of benzene rings is 1. The molecule has 3 nitrogen and oxygen atoms in total. The SMILES string of the molecule is CC(F)(F)[C@@H]1NC(=O)[C@@H]1OCc1ccccc1. The van der Waals surface area contributed by atoms with Crippen molar-refractivity contribution >= 4 is 5.91 Å². The summed E-state index contributed by atoms with van der Waals surface area (Å²) in [5.74, 6) is -3.44. The van der Waals surface area contributed by atoms with Crippen molar-refractivity contribution in [2.45, 2.75) is 31.6 Å². The minimum absolute atomic E-state index is 0.158. The molecule has 2 rings (SSSR count). The van der Waals surface area contributed by atoms with E-state index in [0.717, 1.165) is 12.5 Å². The van der Waals surface area contributed by atoms with Crippen molar-refractivity contribution in [2.75, 3.05) is 0 Å². The number of rotatable bonds is 4. The number of carbonyl (C=O) groups excluding carboxylic acids is 1. The van der Waals surface area contributed by atoms with Gasteiger partial charge in [0.1, 0.15) is 6.04 Å². The minimum atomic E-state index is -2.96. The molecule has 17 heavy (non-hydrogen) atoms. The van der Waals surface area contributed by atoms with Crippen LogP contribution in [0.1, 0.15) is 12.5 Å². The fourth-order valence-corrected chi connectivity index (χ4v) is 1.69. The molecule has 92 valence electrons. The summed E-state index contributed by atoms with van der Waals surface area (Å²) in [5, 5.41) is 2.16. The molecular weight excluding hydrogens is 228 g/mol. The van der Waals surface area contributed by atoms with Crippen LogP contribution >= 0.6 is 0 Å². The maximum absolute atomic E-state index is 13.0. The van der Waals surface area contributed by atoms with E-state index in [1.54, 1.807) is 0 Å². The monoisotopic (exact) mass is 241 g/mol. The molecule has 1 N–H and O–H groups in total. The first kappa shape index (κ1) is 12.0. The zero-order chi connectivity index (χ0) is 12.5. The number of carbonyl (C=O) groups is 1. The van der Waals surface area contributed by atoms with Crippen molar-refractivity contribution in [3.8, 4) is 0 Å². The molecule has 1 heterocycles. The molecule has 1 aromatic carbocycles. The molecule has 0 saturated carbocycles. The summed E-state index contributed by atoms with van der Waals surface area (Å²) in [5.41, 5.74) is 0.852. The van der Waals surface area contributed by atoms with Gasteiger partial charge in [0.05, 0.1) is 6.61 Å². The van der Waals surface area contributed by atoms with Crippen molar-refractivity contribution in [1.82, 2.24) is 5.32 Å². The molecular formula is C12H13F2NO2. The van der Waals surface area contributed by atoms with Crippen LogP contribution in [-0.4, -0.2) is 24.0 Å². The molecule has 1 fully saturated rings. The molecule has 0 aliphatic carbocycles. The number of β-lactam (4-membered cyclic amide) rings is 1. The van der Waals surface area contributed by atoms with Gasteiger partial charge in [0.15, 0.2) is 6.10 Å². The number of hydrogen-bond acceptors (Lipinski definition) is 2. The Labute approximate surface area is 97.8 Å². The Bertz CT molecular complexity index is 403. The Morgan fingerprint density at radius 3 is 2.53 bits per heavy atom. The summed E-state index contributed by atoms with van der Waals surface area (Å²) in [4.78, 5) is 11.1. The van der Waals surface area contributed by atoms with E-state index in [9.17, 15) is 13.6 Å². The first-order chi connectivity index (χ1) is 7.98. The zero-order valence-corrected chi connectivity index (χ0v) is 9.32. The molecule has 0 radical (unpaired) electrons. The van der Waals surface area contributed by atoms with Crippen molar-refractivity contribution < 1.29 is 18.3 Å². The summed E-state index contributed by atoms with van der Waals surface area (Å²) in [7, 11) is 0. The Morgan fingerprint density at radius 2 is 2.00 bits per heavy atom. The highest BCUT2D eigenvalue weighted by Gasteiger charge is 2.52. The Balaban J connectivity index is 1.93. The first-order valence-electron chi connectivity index (χ1n) is 5.32. The number of alkyl halides is 2. The van der Waals surface area contributed by atoms with Crippen molar-refractivity contribution in [3.63, 3.8) is 0 Å². The first-order valence-corrected chi connectivity index (χ1v) is 5.32. The van der Waals surface area contributed by atoms with Gasteiger partial charge in [-0.3, -0.25) is 4.79 Å². The van der Waals surface area contributed by atoms with E-state index < -0.39 is 24.0 Å². The lowest BCUT2D eigenvalue weighted by atomic mass is 9.96. The van der Waals surface area contributed by atoms with Gasteiger partial charge >= 0.3 is 0 Å². The standard InChI is InChI=1S/C12H13F2NO2/c1-12(13,14)10-9(11(16)15-10)17-7-8-5-3-2-4-6-8/h2-6,9-10H,7H2,1H3,(H,15,16)/t9-,10-/m1/s1. The van der Waals surface area contributed by atoms with Crippen LogP contribution in [0.4, 0.5) is 8.78 Å². The van der Waals surface area contributed by atoms with E-state index >= 15 is 0 Å². The van der Waals surface area contributed by atoms with Gasteiger partial charge in [-0.1, -0.05) is 30.3 Å². The predicted molar refractivity (Wildman–Crippen MR) is 57.6 cm³/mol. The number of amides is 1. The van der Waals surface area contributed by atoms with Crippen LogP contribution in [0.5, 0.6) is 0 Å². The molecule has 1 amide bonds. The van der Waals surface area contributed by atoms with Gasteiger partial charge in [0, 0.05) is 6.92 Å². The average molecular weight is 241 g/mol. The number of ether oxygens (including phenoxy) is 1. The van der Waals surface area contributed by atoms with Gasteiger partial charge in [0.2, 0.25) is 0 Å². The maximum Gasteiger partial charge on any atom is 0.268 e. The van der Waals surface area contributed by atoms with E-state index in [0.29, 0.717) is 0 Å². The highest BCUT2D eigenvalue weighted by molar-refractivity contribution is 5.88. The Kier molecular flexibility index (Phi) is 3.11. The molecule has 0 aromatic heterocycles. The fraction of sp³-hybridized carbons (Fsp3) is 0.417.